The van der Waals surface area contributed by atoms with Crippen LogP contribution in [0.4, 0.5) is 29.2 Å². The fraction of sp³-hybridized carbons (Fsp3) is 0.250. The normalized spacial score (nSPS) is 15.1. The van der Waals surface area contributed by atoms with Crippen molar-refractivity contribution in [2.24, 2.45) is 0 Å². The molecule has 2 aromatic heterocycles. The van der Waals surface area contributed by atoms with Crippen molar-refractivity contribution < 1.29 is 26.9 Å². The molecule has 0 radical (unpaired) electrons. The summed E-state index contributed by atoms with van der Waals surface area (Å²) in [5, 5.41) is 5.95. The molecule has 1 saturated carbocycles. The van der Waals surface area contributed by atoms with Gasteiger partial charge in [-0.25, -0.2) is 9.37 Å². The van der Waals surface area contributed by atoms with Gasteiger partial charge in [0, 0.05) is 23.9 Å². The number of hydrogen-bond donors (Lipinski definition) is 2. The molecule has 0 saturated heterocycles. The second kappa shape index (κ2) is 7.12. The zero-order chi connectivity index (χ0) is 21.5. The average Bonchev–Trinajstić information content (AvgIpc) is 3.37. The molecule has 10 heteroatoms. The Morgan fingerprint density at radius 2 is 1.90 bits per heavy atom. The minimum absolute atomic E-state index is 0.0463. The van der Waals surface area contributed by atoms with E-state index in [9.17, 15) is 22.4 Å². The Kier molecular flexibility index (Phi) is 4.71. The van der Waals surface area contributed by atoms with Crippen LogP contribution in [0.5, 0.6) is 0 Å². The van der Waals surface area contributed by atoms with E-state index < -0.39 is 23.3 Å². The largest absolute Gasteiger partial charge is 0.401 e. The molecule has 0 bridgehead atoms. The van der Waals surface area contributed by atoms with Gasteiger partial charge in [-0.1, -0.05) is 29.4 Å². The summed E-state index contributed by atoms with van der Waals surface area (Å²) in [6.45, 7) is 0. The van der Waals surface area contributed by atoms with Gasteiger partial charge < -0.3 is 15.6 Å². The highest BCUT2D eigenvalue weighted by atomic mass is 19.4. The van der Waals surface area contributed by atoms with E-state index in [0.29, 0.717) is 11.1 Å². The maximum absolute atomic E-state index is 14.0. The van der Waals surface area contributed by atoms with Gasteiger partial charge in [-0.2, -0.15) is 13.2 Å². The Morgan fingerprint density at radius 3 is 2.50 bits per heavy atom. The molecule has 1 aromatic carbocycles. The Morgan fingerprint density at radius 1 is 1.20 bits per heavy atom. The first-order valence-corrected chi connectivity index (χ1v) is 9.02. The molecular weight excluding hydrogens is 404 g/mol. The molecule has 2 heterocycles. The molecule has 0 atom stereocenters. The molecule has 4 rings (SSSR count). The van der Waals surface area contributed by atoms with Crippen molar-refractivity contribution in [2.45, 2.75) is 30.9 Å². The van der Waals surface area contributed by atoms with Crippen molar-refractivity contribution in [3.8, 4) is 11.1 Å². The predicted octanol–water partition coefficient (Wildman–Crippen LogP) is 4.23. The Balaban J connectivity index is 1.40. The molecule has 30 heavy (non-hydrogen) atoms. The van der Waals surface area contributed by atoms with Crippen LogP contribution in [0.1, 0.15) is 24.2 Å². The van der Waals surface area contributed by atoms with E-state index in [0.717, 1.165) is 12.1 Å². The van der Waals surface area contributed by atoms with E-state index in [1.54, 1.807) is 24.3 Å². The molecule has 3 N–H and O–H groups in total. The van der Waals surface area contributed by atoms with Crippen LogP contribution in [-0.2, 0) is 16.6 Å². The fourth-order valence-corrected chi connectivity index (χ4v) is 3.19. The van der Waals surface area contributed by atoms with E-state index in [1.165, 1.54) is 6.20 Å². The van der Waals surface area contributed by atoms with Gasteiger partial charge in [-0.3, -0.25) is 4.79 Å². The third-order valence-electron chi connectivity index (χ3n) is 5.05. The number of benzene rings is 1. The number of nitrogens with two attached hydrogens (primary N) is 1. The summed E-state index contributed by atoms with van der Waals surface area (Å²) in [5.41, 5.74) is 4.90. The first kappa shape index (κ1) is 19.9. The van der Waals surface area contributed by atoms with Crippen molar-refractivity contribution in [2.75, 3.05) is 11.1 Å². The van der Waals surface area contributed by atoms with Crippen LogP contribution < -0.4 is 11.1 Å². The number of aromatic nitrogens is 2. The molecule has 0 aliphatic heterocycles. The lowest BCUT2D eigenvalue weighted by molar-refractivity contribution is -0.165. The fourth-order valence-electron chi connectivity index (χ4n) is 3.19. The molecule has 6 nitrogen and oxygen atoms in total. The van der Waals surface area contributed by atoms with Crippen LogP contribution in [0, 0.1) is 5.82 Å². The van der Waals surface area contributed by atoms with Crippen LogP contribution in [0.3, 0.4) is 0 Å². The Hall–Kier alpha value is -3.43. The maximum Gasteiger partial charge on any atom is 0.401 e. The summed E-state index contributed by atoms with van der Waals surface area (Å²) in [6.07, 6.45) is -3.27. The molecule has 1 amide bonds. The van der Waals surface area contributed by atoms with Gasteiger partial charge in [-0.05, 0) is 24.0 Å². The van der Waals surface area contributed by atoms with E-state index in [4.69, 9.17) is 10.3 Å². The minimum Gasteiger partial charge on any atom is -0.384 e. The topological polar surface area (TPSA) is 94.0 Å². The van der Waals surface area contributed by atoms with E-state index in [-0.39, 0.29) is 42.2 Å². The van der Waals surface area contributed by atoms with Gasteiger partial charge in [0.15, 0.2) is 11.6 Å². The highest BCUT2D eigenvalue weighted by Crippen LogP contribution is 2.59. The lowest BCUT2D eigenvalue weighted by Gasteiger charge is -2.14. The standard InChI is InChI=1S/C20H16F4N4O2/c21-14-8-16(25)26-10-13(14)12-3-1-11(2-4-12)7-18(29)27-17-9-15(30-28-17)19(5-6-19)20(22,23)24/h1-4,8-10H,5-7H2,(H2,25,26)(H,27,28,29). The number of rotatable bonds is 5. The molecule has 0 unspecified atom stereocenters. The van der Waals surface area contributed by atoms with E-state index in [1.807, 2.05) is 0 Å². The number of halogens is 4. The quantitative estimate of drug-likeness (QED) is 0.603. The van der Waals surface area contributed by atoms with Crippen molar-refractivity contribution in [1.29, 1.82) is 0 Å². The molecule has 1 aliphatic carbocycles. The zero-order valence-corrected chi connectivity index (χ0v) is 15.5. The summed E-state index contributed by atoms with van der Waals surface area (Å²) in [6, 6.07) is 8.77. The molecule has 3 aromatic rings. The highest BCUT2D eigenvalue weighted by molar-refractivity contribution is 5.91. The van der Waals surface area contributed by atoms with Crippen LogP contribution in [-0.4, -0.2) is 22.2 Å². The van der Waals surface area contributed by atoms with Crippen LogP contribution in [0.15, 0.2) is 47.1 Å². The highest BCUT2D eigenvalue weighted by Gasteiger charge is 2.66. The third kappa shape index (κ3) is 3.72. The summed E-state index contributed by atoms with van der Waals surface area (Å²) >= 11 is 0. The number of carbonyl (C=O) groups excluding carboxylic acids is 1. The third-order valence-corrected chi connectivity index (χ3v) is 5.05. The van der Waals surface area contributed by atoms with Crippen molar-refractivity contribution in [3.63, 3.8) is 0 Å². The van der Waals surface area contributed by atoms with Crippen LogP contribution in [0.25, 0.3) is 11.1 Å². The number of nitrogen functional groups attached to an aromatic ring is 1. The number of nitrogens with zero attached hydrogens (tertiary/aromatic N) is 2. The van der Waals surface area contributed by atoms with Crippen LogP contribution >= 0.6 is 0 Å². The number of pyridine rings is 1. The first-order valence-electron chi connectivity index (χ1n) is 9.02. The van der Waals surface area contributed by atoms with Crippen LogP contribution in [0.2, 0.25) is 0 Å². The number of alkyl halides is 3. The van der Waals surface area contributed by atoms with E-state index >= 15 is 0 Å². The van der Waals surface area contributed by atoms with Crippen molar-refractivity contribution in [3.05, 3.63) is 59.7 Å². The number of amides is 1. The molecule has 1 aliphatic rings. The Bertz CT molecular complexity index is 1090. The maximum atomic E-state index is 14.0. The SMILES string of the molecule is Nc1cc(F)c(-c2ccc(CC(=O)Nc3cc(C4(C(F)(F)F)CC4)on3)cc2)cn1. The zero-order valence-electron chi connectivity index (χ0n) is 15.5. The van der Waals surface area contributed by atoms with Crippen molar-refractivity contribution >= 4 is 17.5 Å². The summed E-state index contributed by atoms with van der Waals surface area (Å²) < 4.78 is 58.2. The minimum atomic E-state index is -4.42. The van der Waals surface area contributed by atoms with Gasteiger partial charge in [0.2, 0.25) is 5.91 Å². The number of anilines is 2. The second-order valence-corrected chi connectivity index (χ2v) is 7.17. The monoisotopic (exact) mass is 420 g/mol. The smallest absolute Gasteiger partial charge is 0.384 e. The second-order valence-electron chi connectivity index (χ2n) is 7.17. The molecule has 1 fully saturated rings. The molecule has 0 spiro atoms. The number of hydrogen-bond acceptors (Lipinski definition) is 5. The predicted molar refractivity (Wildman–Crippen MR) is 99.8 cm³/mol. The number of nitrogens with one attached hydrogen (secondary N) is 1. The first-order chi connectivity index (χ1) is 14.2. The Labute approximate surface area is 168 Å². The summed E-state index contributed by atoms with van der Waals surface area (Å²) in [7, 11) is 0. The van der Waals surface area contributed by atoms with Gasteiger partial charge in [0.25, 0.3) is 0 Å². The van der Waals surface area contributed by atoms with E-state index in [2.05, 4.69) is 15.5 Å². The van der Waals surface area contributed by atoms with Gasteiger partial charge in [-0.15, -0.1) is 0 Å². The lowest BCUT2D eigenvalue weighted by atomic mass is 10.0. The molecule has 156 valence electrons. The average molecular weight is 420 g/mol. The van der Waals surface area contributed by atoms with Gasteiger partial charge in [0.1, 0.15) is 17.1 Å². The van der Waals surface area contributed by atoms with Gasteiger partial charge >= 0.3 is 6.18 Å². The molecular formula is C20H16F4N4O2. The summed E-state index contributed by atoms with van der Waals surface area (Å²) in [5.74, 6) is -1.28. The summed E-state index contributed by atoms with van der Waals surface area (Å²) in [4.78, 5) is 16.1. The van der Waals surface area contributed by atoms with Gasteiger partial charge in [0.05, 0.1) is 6.42 Å². The number of carbonyl (C=O) groups is 1. The van der Waals surface area contributed by atoms with Crippen molar-refractivity contribution in [1.82, 2.24) is 10.1 Å². The lowest BCUT2D eigenvalue weighted by Crippen LogP contribution is -2.28.